The number of fused-ring (bicyclic) bond motifs is 1. The van der Waals surface area contributed by atoms with Gasteiger partial charge >= 0.3 is 0 Å². The third-order valence-electron chi connectivity index (χ3n) is 4.60. The van der Waals surface area contributed by atoms with E-state index in [0.29, 0.717) is 28.0 Å². The molecule has 0 unspecified atom stereocenters. The number of rotatable bonds is 6. The predicted octanol–water partition coefficient (Wildman–Crippen LogP) is 5.06. The van der Waals surface area contributed by atoms with E-state index >= 15 is 0 Å². The quantitative estimate of drug-likeness (QED) is 0.446. The number of benzene rings is 2. The van der Waals surface area contributed by atoms with Crippen molar-refractivity contribution >= 4 is 32.6 Å². The molecule has 2 aromatic heterocycles. The molecule has 2 aromatic carbocycles. The Morgan fingerprint density at radius 2 is 2.00 bits per heavy atom. The van der Waals surface area contributed by atoms with E-state index in [2.05, 4.69) is 0 Å². The van der Waals surface area contributed by atoms with Gasteiger partial charge in [-0.3, -0.25) is 9.69 Å². The Morgan fingerprint density at radius 1 is 1.14 bits per heavy atom. The predicted molar refractivity (Wildman–Crippen MR) is 113 cm³/mol. The Hall–Kier alpha value is -3.32. The average molecular weight is 408 g/mol. The van der Waals surface area contributed by atoms with Crippen LogP contribution in [-0.2, 0) is 6.54 Å². The van der Waals surface area contributed by atoms with Crippen LogP contribution in [0.1, 0.15) is 21.7 Å². The fourth-order valence-electron chi connectivity index (χ4n) is 3.08. The van der Waals surface area contributed by atoms with Gasteiger partial charge in [0.2, 0.25) is 0 Å². The van der Waals surface area contributed by atoms with Gasteiger partial charge in [-0.05, 0) is 48.9 Å². The number of hydrogen-bond acceptors (Lipinski definition) is 6. The molecule has 7 heteroatoms. The second kappa shape index (κ2) is 7.97. The van der Waals surface area contributed by atoms with E-state index in [1.54, 1.807) is 55.7 Å². The number of thiazole rings is 1. The van der Waals surface area contributed by atoms with Crippen LogP contribution in [-0.4, -0.2) is 25.1 Å². The molecule has 0 aliphatic rings. The molecule has 0 aliphatic carbocycles. The summed E-state index contributed by atoms with van der Waals surface area (Å²) in [7, 11) is 3.19. The van der Waals surface area contributed by atoms with Crippen molar-refractivity contribution in [3.63, 3.8) is 0 Å². The van der Waals surface area contributed by atoms with Crippen LogP contribution >= 0.6 is 11.3 Å². The maximum absolute atomic E-state index is 13.4. The van der Waals surface area contributed by atoms with Crippen LogP contribution in [0.2, 0.25) is 0 Å². The number of furan rings is 1. The highest BCUT2D eigenvalue weighted by atomic mass is 32.1. The van der Waals surface area contributed by atoms with E-state index in [1.807, 2.05) is 25.1 Å². The van der Waals surface area contributed by atoms with E-state index < -0.39 is 0 Å². The number of amides is 1. The van der Waals surface area contributed by atoms with E-state index in [-0.39, 0.29) is 12.5 Å². The van der Waals surface area contributed by atoms with Crippen LogP contribution in [0, 0.1) is 6.92 Å². The van der Waals surface area contributed by atoms with Crippen LogP contribution in [0.5, 0.6) is 11.5 Å². The topological polar surface area (TPSA) is 64.8 Å². The number of carbonyl (C=O) groups excluding carboxylic acids is 1. The molecule has 4 aromatic rings. The zero-order chi connectivity index (χ0) is 20.4. The van der Waals surface area contributed by atoms with Crippen LogP contribution in [0.4, 0.5) is 5.13 Å². The lowest BCUT2D eigenvalue weighted by Crippen LogP contribution is -2.30. The number of ether oxygens (including phenoxy) is 2. The molecule has 0 radical (unpaired) electrons. The summed E-state index contributed by atoms with van der Waals surface area (Å²) in [5.41, 5.74) is 2.34. The maximum Gasteiger partial charge on any atom is 0.260 e. The highest BCUT2D eigenvalue weighted by Gasteiger charge is 2.24. The zero-order valence-electron chi connectivity index (χ0n) is 16.3. The summed E-state index contributed by atoms with van der Waals surface area (Å²) in [6, 6.07) is 14.6. The number of aryl methyl sites for hydroxylation is 1. The molecule has 0 N–H and O–H groups in total. The largest absolute Gasteiger partial charge is 0.497 e. The van der Waals surface area contributed by atoms with Gasteiger partial charge in [-0.25, -0.2) is 4.98 Å². The minimum atomic E-state index is -0.184. The highest BCUT2D eigenvalue weighted by Crippen LogP contribution is 2.37. The van der Waals surface area contributed by atoms with E-state index in [4.69, 9.17) is 18.9 Å². The zero-order valence-corrected chi connectivity index (χ0v) is 17.2. The van der Waals surface area contributed by atoms with Crippen LogP contribution < -0.4 is 14.4 Å². The summed E-state index contributed by atoms with van der Waals surface area (Å²) >= 11 is 1.46. The smallest absolute Gasteiger partial charge is 0.260 e. The Kier molecular flexibility index (Phi) is 5.22. The molecule has 0 aliphatic heterocycles. The molecule has 29 heavy (non-hydrogen) atoms. The lowest BCUT2D eigenvalue weighted by molar-refractivity contribution is 0.0983. The number of carbonyl (C=O) groups is 1. The number of aromatic nitrogens is 1. The Balaban J connectivity index is 1.81. The summed E-state index contributed by atoms with van der Waals surface area (Å²) in [5, 5.41) is 0.580. The lowest BCUT2D eigenvalue weighted by atomic mass is 10.2. The van der Waals surface area contributed by atoms with Crippen LogP contribution in [0.15, 0.2) is 59.2 Å². The molecule has 4 rings (SSSR count). The van der Waals surface area contributed by atoms with Gasteiger partial charge in [0.15, 0.2) is 5.13 Å². The third kappa shape index (κ3) is 3.69. The van der Waals surface area contributed by atoms with Gasteiger partial charge in [-0.2, -0.15) is 0 Å². The van der Waals surface area contributed by atoms with Gasteiger partial charge in [-0.1, -0.05) is 23.5 Å². The van der Waals surface area contributed by atoms with Crippen molar-refractivity contribution in [2.45, 2.75) is 13.5 Å². The molecule has 0 fully saturated rings. The molecular formula is C22H20N2O4S. The molecule has 6 nitrogen and oxygen atoms in total. The van der Waals surface area contributed by atoms with Crippen LogP contribution in [0.3, 0.4) is 0 Å². The molecule has 0 bridgehead atoms. The van der Waals surface area contributed by atoms with Gasteiger partial charge in [-0.15, -0.1) is 0 Å². The SMILES string of the molecule is COc1cccc(C(=O)N(Cc2ccco2)c2nc3c(OC)ccc(C)c3s2)c1. The monoisotopic (exact) mass is 408 g/mol. The Bertz CT molecular complexity index is 1150. The van der Waals surface area contributed by atoms with Crippen molar-refractivity contribution in [1.82, 2.24) is 4.98 Å². The first-order chi connectivity index (χ1) is 14.1. The number of hydrogen-bond donors (Lipinski definition) is 0. The Morgan fingerprint density at radius 3 is 2.72 bits per heavy atom. The van der Waals surface area contributed by atoms with Gasteiger partial charge in [0, 0.05) is 5.56 Å². The standard InChI is InChI=1S/C22H20N2O4S/c1-14-9-10-18(27-3)19-20(14)29-22(23-19)24(13-17-8-5-11-28-17)21(25)15-6-4-7-16(12-15)26-2/h4-12H,13H2,1-3H3. The molecule has 148 valence electrons. The van der Waals surface area contributed by atoms with Crippen LogP contribution in [0.25, 0.3) is 10.2 Å². The fraction of sp³-hybridized carbons (Fsp3) is 0.182. The van der Waals surface area contributed by atoms with Gasteiger partial charge in [0.1, 0.15) is 22.8 Å². The number of nitrogens with zero attached hydrogens (tertiary/aromatic N) is 2. The number of methoxy groups -OCH3 is 2. The molecule has 2 heterocycles. The van der Waals surface area contributed by atoms with Crippen molar-refractivity contribution in [3.8, 4) is 11.5 Å². The normalized spacial score (nSPS) is 10.9. The van der Waals surface area contributed by atoms with E-state index in [1.165, 1.54) is 11.3 Å². The summed E-state index contributed by atoms with van der Waals surface area (Å²) in [6.45, 7) is 2.29. The molecular weight excluding hydrogens is 388 g/mol. The number of anilines is 1. The van der Waals surface area contributed by atoms with Gasteiger partial charge in [0.05, 0.1) is 31.7 Å². The molecule has 0 atom stereocenters. The van der Waals surface area contributed by atoms with Gasteiger partial charge in [0.25, 0.3) is 5.91 Å². The van der Waals surface area contributed by atoms with Crippen molar-refractivity contribution in [3.05, 3.63) is 71.7 Å². The minimum Gasteiger partial charge on any atom is -0.497 e. The first-order valence-electron chi connectivity index (χ1n) is 9.03. The summed E-state index contributed by atoms with van der Waals surface area (Å²) in [5.74, 6) is 1.79. The van der Waals surface area contributed by atoms with Crippen molar-refractivity contribution in [1.29, 1.82) is 0 Å². The second-order valence-electron chi connectivity index (χ2n) is 6.46. The first kappa shape index (κ1) is 19.0. The summed E-state index contributed by atoms with van der Waals surface area (Å²) in [6.07, 6.45) is 1.59. The van der Waals surface area contributed by atoms with Crippen molar-refractivity contribution in [2.75, 3.05) is 19.1 Å². The second-order valence-corrected chi connectivity index (χ2v) is 7.44. The Labute approximate surface area is 172 Å². The minimum absolute atomic E-state index is 0.184. The third-order valence-corrected chi connectivity index (χ3v) is 5.81. The average Bonchev–Trinajstić information content (AvgIpc) is 3.42. The maximum atomic E-state index is 13.4. The van der Waals surface area contributed by atoms with Crippen molar-refractivity contribution < 1.29 is 18.7 Å². The molecule has 0 saturated carbocycles. The summed E-state index contributed by atoms with van der Waals surface area (Å²) in [4.78, 5) is 19.8. The first-order valence-corrected chi connectivity index (χ1v) is 9.85. The van der Waals surface area contributed by atoms with Crippen molar-refractivity contribution in [2.24, 2.45) is 0 Å². The highest BCUT2D eigenvalue weighted by molar-refractivity contribution is 7.22. The van der Waals surface area contributed by atoms with E-state index in [0.717, 1.165) is 15.8 Å². The lowest BCUT2D eigenvalue weighted by Gasteiger charge is -2.19. The molecule has 1 amide bonds. The summed E-state index contributed by atoms with van der Waals surface area (Å²) < 4.78 is 17.2. The van der Waals surface area contributed by atoms with E-state index in [9.17, 15) is 4.79 Å². The molecule has 0 spiro atoms. The molecule has 0 saturated heterocycles. The van der Waals surface area contributed by atoms with Gasteiger partial charge < -0.3 is 13.9 Å². The fourth-order valence-corrected chi connectivity index (χ4v) is 4.12.